The predicted octanol–water partition coefficient (Wildman–Crippen LogP) is 2.97. The summed E-state index contributed by atoms with van der Waals surface area (Å²) < 4.78 is 64.2. The largest absolute Gasteiger partial charge is 0.534 e. The van der Waals surface area contributed by atoms with E-state index in [-0.39, 0.29) is 17.1 Å². The molecular formula is C13H10F3NO5S. The van der Waals surface area contributed by atoms with Gasteiger partial charge in [0.15, 0.2) is 0 Å². The quantitative estimate of drug-likeness (QED) is 0.653. The Kier molecular flexibility index (Phi) is 3.32. The molecule has 1 aliphatic carbocycles. The fraction of sp³-hybridized carbons (Fsp3) is 0.308. The molecule has 2 aromatic rings. The molecule has 1 saturated carbocycles. The zero-order valence-electron chi connectivity index (χ0n) is 11.3. The van der Waals surface area contributed by atoms with Gasteiger partial charge >= 0.3 is 21.6 Å². The molecule has 10 heteroatoms. The summed E-state index contributed by atoms with van der Waals surface area (Å²) in [5.41, 5.74) is -5.19. The second kappa shape index (κ2) is 4.88. The van der Waals surface area contributed by atoms with Crippen LogP contribution in [0.1, 0.15) is 34.8 Å². The topological polar surface area (TPSA) is 96.5 Å². The number of halogens is 3. The number of carboxylic acids is 1. The lowest BCUT2D eigenvalue weighted by molar-refractivity contribution is -0.0500. The molecule has 0 saturated heterocycles. The van der Waals surface area contributed by atoms with E-state index in [4.69, 9.17) is 5.11 Å². The van der Waals surface area contributed by atoms with Crippen molar-refractivity contribution in [3.8, 4) is 5.75 Å². The molecule has 2 N–H and O–H groups in total. The van der Waals surface area contributed by atoms with Crippen LogP contribution >= 0.6 is 0 Å². The summed E-state index contributed by atoms with van der Waals surface area (Å²) in [6, 6.07) is 3.86. The van der Waals surface area contributed by atoms with Crippen LogP contribution in [0.5, 0.6) is 5.75 Å². The third kappa shape index (κ3) is 2.85. The van der Waals surface area contributed by atoms with Crippen LogP contribution in [0.3, 0.4) is 0 Å². The van der Waals surface area contributed by atoms with Gasteiger partial charge in [-0.3, -0.25) is 0 Å². The summed E-state index contributed by atoms with van der Waals surface area (Å²) in [6.45, 7) is 0. The molecule has 0 amide bonds. The third-order valence-electron chi connectivity index (χ3n) is 3.48. The Hall–Kier alpha value is -2.23. The van der Waals surface area contributed by atoms with Crippen molar-refractivity contribution in [1.82, 2.24) is 4.98 Å². The van der Waals surface area contributed by atoms with E-state index in [9.17, 15) is 26.4 Å². The molecule has 0 radical (unpaired) electrons. The van der Waals surface area contributed by atoms with E-state index < -0.39 is 27.3 Å². The molecule has 1 aliphatic rings. The predicted molar refractivity (Wildman–Crippen MR) is 72.8 cm³/mol. The average Bonchev–Trinajstić information content (AvgIpc) is 3.16. The molecule has 0 spiro atoms. The Labute approximate surface area is 128 Å². The first-order valence-corrected chi connectivity index (χ1v) is 7.90. The van der Waals surface area contributed by atoms with Gasteiger partial charge < -0.3 is 14.3 Å². The number of alkyl halides is 3. The van der Waals surface area contributed by atoms with Gasteiger partial charge in [-0.2, -0.15) is 21.6 Å². The van der Waals surface area contributed by atoms with Crippen molar-refractivity contribution in [3.63, 3.8) is 0 Å². The van der Waals surface area contributed by atoms with Crippen LogP contribution in [0.2, 0.25) is 0 Å². The van der Waals surface area contributed by atoms with Gasteiger partial charge in [-0.1, -0.05) is 0 Å². The fourth-order valence-electron chi connectivity index (χ4n) is 2.24. The van der Waals surface area contributed by atoms with E-state index in [2.05, 4.69) is 9.17 Å². The SMILES string of the molecule is O=C(O)c1cc2cc(C3CC3)c(OS(=O)(=O)C(F)(F)F)cc2[nH]1. The number of hydrogen-bond donors (Lipinski definition) is 2. The summed E-state index contributed by atoms with van der Waals surface area (Å²) >= 11 is 0. The van der Waals surface area contributed by atoms with Gasteiger partial charge in [-0.05, 0) is 36.5 Å². The number of nitrogens with one attached hydrogen (secondary N) is 1. The van der Waals surface area contributed by atoms with E-state index in [1.807, 2.05) is 0 Å². The van der Waals surface area contributed by atoms with Crippen LogP contribution < -0.4 is 4.18 Å². The van der Waals surface area contributed by atoms with Crippen molar-refractivity contribution in [3.05, 3.63) is 29.5 Å². The number of fused-ring (bicyclic) bond motifs is 1. The molecule has 0 aliphatic heterocycles. The molecule has 1 fully saturated rings. The Bertz CT molecular complexity index is 896. The van der Waals surface area contributed by atoms with Crippen LogP contribution in [0, 0.1) is 0 Å². The van der Waals surface area contributed by atoms with Crippen molar-refractivity contribution in [2.45, 2.75) is 24.3 Å². The second-order valence-corrected chi connectivity index (χ2v) is 6.76. The van der Waals surface area contributed by atoms with Gasteiger partial charge in [-0.25, -0.2) is 4.79 Å². The van der Waals surface area contributed by atoms with Crippen LogP contribution in [0.15, 0.2) is 18.2 Å². The van der Waals surface area contributed by atoms with Crippen LogP contribution in [-0.4, -0.2) is 30.0 Å². The number of carbonyl (C=O) groups is 1. The third-order valence-corrected chi connectivity index (χ3v) is 4.45. The minimum absolute atomic E-state index is 0.0963. The first kappa shape index (κ1) is 15.7. The summed E-state index contributed by atoms with van der Waals surface area (Å²) in [4.78, 5) is 13.4. The molecule has 0 atom stereocenters. The van der Waals surface area contributed by atoms with Crippen LogP contribution in [-0.2, 0) is 10.1 Å². The van der Waals surface area contributed by atoms with Crippen molar-refractivity contribution in [2.24, 2.45) is 0 Å². The minimum Gasteiger partial charge on any atom is -0.477 e. The van der Waals surface area contributed by atoms with E-state index in [1.165, 1.54) is 12.1 Å². The molecule has 1 aromatic carbocycles. The molecule has 6 nitrogen and oxygen atoms in total. The zero-order chi connectivity index (χ0) is 17.0. The van der Waals surface area contributed by atoms with Gasteiger partial charge in [-0.15, -0.1) is 0 Å². The maximum Gasteiger partial charge on any atom is 0.534 e. The van der Waals surface area contributed by atoms with E-state index >= 15 is 0 Å². The number of aromatic nitrogens is 1. The van der Waals surface area contributed by atoms with Crippen molar-refractivity contribution in [1.29, 1.82) is 0 Å². The van der Waals surface area contributed by atoms with Gasteiger partial charge in [0.25, 0.3) is 0 Å². The number of hydrogen-bond acceptors (Lipinski definition) is 4. The molecule has 0 unspecified atom stereocenters. The first-order chi connectivity index (χ1) is 10.6. The van der Waals surface area contributed by atoms with E-state index in [1.54, 1.807) is 0 Å². The molecule has 1 aromatic heterocycles. The van der Waals surface area contributed by atoms with Crippen LogP contribution in [0.4, 0.5) is 13.2 Å². The lowest BCUT2D eigenvalue weighted by atomic mass is 10.1. The van der Waals surface area contributed by atoms with Crippen molar-refractivity contribution in [2.75, 3.05) is 0 Å². The standard InChI is InChI=1S/C13H10F3NO5S/c14-13(15,16)23(20,21)22-11-5-9-7(3-8(11)6-1-2-6)4-10(17-9)12(18)19/h3-6,17H,1-2H2,(H,18,19). The monoisotopic (exact) mass is 349 g/mol. The Balaban J connectivity index is 2.11. The zero-order valence-corrected chi connectivity index (χ0v) is 12.2. The highest BCUT2D eigenvalue weighted by Gasteiger charge is 2.49. The smallest absolute Gasteiger partial charge is 0.477 e. The average molecular weight is 349 g/mol. The summed E-state index contributed by atoms with van der Waals surface area (Å²) in [7, 11) is -5.79. The van der Waals surface area contributed by atoms with Gasteiger partial charge in [0, 0.05) is 17.0 Å². The summed E-state index contributed by atoms with van der Waals surface area (Å²) in [5.74, 6) is -1.77. The minimum atomic E-state index is -5.79. The highest BCUT2D eigenvalue weighted by molar-refractivity contribution is 7.88. The normalized spacial score (nSPS) is 15.8. The van der Waals surface area contributed by atoms with Crippen LogP contribution in [0.25, 0.3) is 10.9 Å². The fourth-order valence-corrected chi connectivity index (χ4v) is 2.72. The van der Waals surface area contributed by atoms with Crippen molar-refractivity contribution < 1.29 is 35.7 Å². The van der Waals surface area contributed by atoms with Gasteiger partial charge in [0.05, 0.1) is 0 Å². The summed E-state index contributed by atoms with van der Waals surface area (Å²) in [5, 5.41) is 9.39. The molecule has 1 heterocycles. The molecule has 3 rings (SSSR count). The van der Waals surface area contributed by atoms with Gasteiger partial charge in [0.2, 0.25) is 0 Å². The molecule has 23 heavy (non-hydrogen) atoms. The van der Waals surface area contributed by atoms with Crippen molar-refractivity contribution >= 4 is 27.0 Å². The lowest BCUT2D eigenvalue weighted by Crippen LogP contribution is -2.28. The number of aromatic amines is 1. The molecular weight excluding hydrogens is 339 g/mol. The Morgan fingerprint density at radius 3 is 2.43 bits per heavy atom. The van der Waals surface area contributed by atoms with Gasteiger partial charge in [0.1, 0.15) is 11.4 Å². The van der Waals surface area contributed by atoms with E-state index in [0.717, 1.165) is 6.07 Å². The van der Waals surface area contributed by atoms with E-state index in [0.29, 0.717) is 23.8 Å². The summed E-state index contributed by atoms with van der Waals surface area (Å²) in [6.07, 6.45) is 1.40. The highest BCUT2D eigenvalue weighted by Crippen LogP contribution is 2.46. The second-order valence-electron chi connectivity index (χ2n) is 5.22. The number of rotatable bonds is 4. The maximum atomic E-state index is 12.5. The number of aromatic carboxylic acids is 1. The lowest BCUT2D eigenvalue weighted by Gasteiger charge is -2.13. The number of H-pyrrole nitrogens is 1. The number of carboxylic acid groups (broad SMARTS) is 1. The molecule has 0 bridgehead atoms. The maximum absolute atomic E-state index is 12.5. The Morgan fingerprint density at radius 1 is 1.26 bits per heavy atom. The first-order valence-electron chi connectivity index (χ1n) is 6.49. The Morgan fingerprint density at radius 2 is 1.91 bits per heavy atom. The highest BCUT2D eigenvalue weighted by atomic mass is 32.2. The molecule has 124 valence electrons. The number of benzene rings is 1.